The molecule has 0 amide bonds. The summed E-state index contributed by atoms with van der Waals surface area (Å²) in [5.74, 6) is 1.86. The summed E-state index contributed by atoms with van der Waals surface area (Å²) in [6.07, 6.45) is 0. The Kier molecular flexibility index (Phi) is 7.10. The highest BCUT2D eigenvalue weighted by atomic mass is 16.3. The number of rotatable bonds is 6. The molecule has 0 radical (unpaired) electrons. The lowest BCUT2D eigenvalue weighted by molar-refractivity contribution is 0.669. The quantitative estimate of drug-likeness (QED) is 0.184. The molecule has 0 aliphatic carbocycles. The van der Waals surface area contributed by atoms with Crippen LogP contribution in [0.3, 0.4) is 0 Å². The molecule has 9 aromatic rings. The van der Waals surface area contributed by atoms with Gasteiger partial charge in [0.2, 0.25) is 0 Å². The predicted molar refractivity (Wildman–Crippen MR) is 200 cm³/mol. The lowest BCUT2D eigenvalue weighted by atomic mass is 10.0. The fourth-order valence-corrected chi connectivity index (χ4v) is 6.42. The molecule has 2 aromatic heterocycles. The normalized spacial score (nSPS) is 11.3. The van der Waals surface area contributed by atoms with E-state index in [1.54, 1.807) is 0 Å². The molecule has 0 fully saturated rings. The molecule has 2 heterocycles. The summed E-state index contributed by atoms with van der Waals surface area (Å²) in [5.41, 5.74) is 11.2. The Morgan fingerprint density at radius 1 is 0.265 bits per heavy atom. The summed E-state index contributed by atoms with van der Waals surface area (Å²) in [4.78, 5) is 15.2. The van der Waals surface area contributed by atoms with Gasteiger partial charge >= 0.3 is 0 Å². The summed E-state index contributed by atoms with van der Waals surface area (Å²) >= 11 is 0. The van der Waals surface area contributed by atoms with Gasteiger partial charge in [0.15, 0.2) is 17.5 Å². The zero-order chi connectivity index (χ0) is 32.6. The maximum Gasteiger partial charge on any atom is 0.164 e. The zero-order valence-corrected chi connectivity index (χ0v) is 26.5. The van der Waals surface area contributed by atoms with E-state index in [0.717, 1.165) is 66.4 Å². The van der Waals surface area contributed by atoms with Crippen molar-refractivity contribution in [1.29, 1.82) is 0 Å². The molecule has 0 atom stereocenters. The maximum atomic E-state index is 6.20. The van der Waals surface area contributed by atoms with Crippen LogP contribution in [-0.2, 0) is 0 Å². The summed E-state index contributed by atoms with van der Waals surface area (Å²) in [6, 6.07) is 60.5. The van der Waals surface area contributed by atoms with E-state index in [4.69, 9.17) is 19.4 Å². The van der Waals surface area contributed by atoms with E-state index >= 15 is 0 Å². The topological polar surface area (TPSA) is 51.8 Å². The smallest absolute Gasteiger partial charge is 0.164 e. The average molecular weight is 628 g/mol. The first-order valence-electron chi connectivity index (χ1n) is 16.4. The number of para-hydroxylation sites is 1. The van der Waals surface area contributed by atoms with E-state index in [1.807, 2.05) is 30.3 Å². The molecule has 0 aliphatic rings. The number of hydrogen-bond acceptors (Lipinski definition) is 4. The molecule has 0 saturated carbocycles. The average Bonchev–Trinajstić information content (AvgIpc) is 3.57. The third-order valence-corrected chi connectivity index (χ3v) is 8.95. The Balaban J connectivity index is 1.15. The summed E-state index contributed by atoms with van der Waals surface area (Å²) in [7, 11) is 0. The molecule has 49 heavy (non-hydrogen) atoms. The van der Waals surface area contributed by atoms with Crippen LogP contribution in [-0.4, -0.2) is 15.0 Å². The van der Waals surface area contributed by atoms with Crippen molar-refractivity contribution in [2.45, 2.75) is 0 Å². The van der Waals surface area contributed by atoms with Gasteiger partial charge in [-0.1, -0.05) is 146 Å². The van der Waals surface area contributed by atoms with Crippen LogP contribution in [0.2, 0.25) is 0 Å². The van der Waals surface area contributed by atoms with Gasteiger partial charge in [0.25, 0.3) is 0 Å². The second kappa shape index (κ2) is 12.2. The van der Waals surface area contributed by atoms with E-state index in [9.17, 15) is 0 Å². The van der Waals surface area contributed by atoms with Crippen LogP contribution >= 0.6 is 0 Å². The zero-order valence-electron chi connectivity index (χ0n) is 26.5. The van der Waals surface area contributed by atoms with Crippen LogP contribution in [0.5, 0.6) is 0 Å². The molecule has 0 unspecified atom stereocenters. The number of benzene rings is 7. The van der Waals surface area contributed by atoms with Crippen molar-refractivity contribution in [3.8, 4) is 67.5 Å². The van der Waals surface area contributed by atoms with Crippen molar-refractivity contribution in [3.05, 3.63) is 176 Å². The fraction of sp³-hybridized carbons (Fsp3) is 0. The highest BCUT2D eigenvalue weighted by Gasteiger charge is 2.15. The fourth-order valence-electron chi connectivity index (χ4n) is 6.42. The van der Waals surface area contributed by atoms with Crippen molar-refractivity contribution in [3.63, 3.8) is 0 Å². The first-order chi connectivity index (χ1) is 24.2. The number of nitrogens with zero attached hydrogens (tertiary/aromatic N) is 3. The predicted octanol–water partition coefficient (Wildman–Crippen LogP) is 11.8. The van der Waals surface area contributed by atoms with Gasteiger partial charge in [-0.2, -0.15) is 0 Å². The van der Waals surface area contributed by atoms with Crippen LogP contribution in [0.15, 0.2) is 180 Å². The minimum absolute atomic E-state index is 0.615. The van der Waals surface area contributed by atoms with E-state index in [1.165, 1.54) is 5.56 Å². The van der Waals surface area contributed by atoms with Crippen molar-refractivity contribution < 1.29 is 4.42 Å². The molecule has 4 heteroatoms. The van der Waals surface area contributed by atoms with E-state index in [-0.39, 0.29) is 0 Å². The van der Waals surface area contributed by atoms with E-state index in [2.05, 4.69) is 146 Å². The van der Waals surface area contributed by atoms with Gasteiger partial charge in [0, 0.05) is 27.5 Å². The third kappa shape index (κ3) is 5.56. The van der Waals surface area contributed by atoms with Gasteiger partial charge in [-0.05, 0) is 63.7 Å². The second-order valence-corrected chi connectivity index (χ2v) is 12.1. The first-order valence-corrected chi connectivity index (χ1v) is 16.4. The van der Waals surface area contributed by atoms with Gasteiger partial charge in [0.05, 0.1) is 0 Å². The number of furan rings is 1. The Morgan fingerprint density at radius 2 is 0.673 bits per heavy atom. The molecule has 230 valence electrons. The molecule has 9 rings (SSSR count). The first kappa shape index (κ1) is 28.6. The van der Waals surface area contributed by atoms with Gasteiger partial charge in [0.1, 0.15) is 11.2 Å². The Hall–Kier alpha value is -6.65. The lowest BCUT2D eigenvalue weighted by Gasteiger charge is -2.11. The van der Waals surface area contributed by atoms with Crippen molar-refractivity contribution >= 4 is 21.9 Å². The second-order valence-electron chi connectivity index (χ2n) is 12.1. The lowest BCUT2D eigenvalue weighted by Crippen LogP contribution is -2.00. The number of aromatic nitrogens is 3. The highest BCUT2D eigenvalue weighted by Crippen LogP contribution is 2.34. The monoisotopic (exact) mass is 627 g/mol. The Bertz CT molecular complexity index is 2590. The Labute approximate surface area is 284 Å². The Morgan fingerprint density at radius 3 is 1.33 bits per heavy atom. The summed E-state index contributed by atoms with van der Waals surface area (Å²) in [6.45, 7) is 0. The van der Waals surface area contributed by atoms with Gasteiger partial charge in [-0.25, -0.2) is 15.0 Å². The molecular weight excluding hydrogens is 599 g/mol. The highest BCUT2D eigenvalue weighted by molar-refractivity contribution is 6.05. The molecule has 0 bridgehead atoms. The molecule has 0 N–H and O–H groups in total. The third-order valence-electron chi connectivity index (χ3n) is 8.95. The van der Waals surface area contributed by atoms with Crippen LogP contribution in [0.25, 0.3) is 89.5 Å². The van der Waals surface area contributed by atoms with Crippen LogP contribution in [0, 0.1) is 0 Å². The summed E-state index contributed by atoms with van der Waals surface area (Å²) < 4.78 is 6.20. The van der Waals surface area contributed by atoms with Gasteiger partial charge < -0.3 is 4.42 Å². The number of fused-ring (bicyclic) bond motifs is 3. The van der Waals surface area contributed by atoms with Crippen molar-refractivity contribution in [2.75, 3.05) is 0 Å². The minimum atomic E-state index is 0.615. The van der Waals surface area contributed by atoms with Crippen molar-refractivity contribution in [1.82, 2.24) is 15.0 Å². The molecule has 0 aliphatic heterocycles. The van der Waals surface area contributed by atoms with Gasteiger partial charge in [-0.15, -0.1) is 0 Å². The molecular formula is C45H29N3O. The summed E-state index contributed by atoms with van der Waals surface area (Å²) in [5, 5.41) is 2.23. The number of hydrogen-bond donors (Lipinski definition) is 0. The molecule has 0 saturated heterocycles. The SMILES string of the molecule is c1ccc(-c2ccc(-c3nc(-c4cccc(-c5ccccc5)c4)nc(-c4cccc(-c5ccc6c(c5)oc5ccccc56)c4)n3)cc2)cc1. The molecule has 7 aromatic carbocycles. The van der Waals surface area contributed by atoms with Crippen LogP contribution < -0.4 is 0 Å². The van der Waals surface area contributed by atoms with E-state index < -0.39 is 0 Å². The standard InChI is InChI=1S/C45H29N3O/c1-3-11-30(12-4-1)32-21-23-33(24-22-32)43-46-44(37-17-9-15-34(27-37)31-13-5-2-6-14-31)48-45(47-43)38-18-10-16-35(28-38)36-25-26-40-39-19-7-8-20-41(39)49-42(40)29-36/h1-29H. The largest absolute Gasteiger partial charge is 0.456 e. The maximum absolute atomic E-state index is 6.20. The molecule has 4 nitrogen and oxygen atoms in total. The minimum Gasteiger partial charge on any atom is -0.456 e. The van der Waals surface area contributed by atoms with Crippen molar-refractivity contribution in [2.24, 2.45) is 0 Å². The van der Waals surface area contributed by atoms with Gasteiger partial charge in [-0.3, -0.25) is 0 Å². The van der Waals surface area contributed by atoms with Crippen LogP contribution in [0.4, 0.5) is 0 Å². The van der Waals surface area contributed by atoms with E-state index in [0.29, 0.717) is 17.5 Å². The van der Waals surface area contributed by atoms with Crippen LogP contribution in [0.1, 0.15) is 0 Å². The molecule has 0 spiro atoms.